The molecular weight excluding hydrogens is 489 g/mol. The van der Waals surface area contributed by atoms with Crippen LogP contribution in [0.4, 0.5) is 11.4 Å². The summed E-state index contributed by atoms with van der Waals surface area (Å²) in [5.74, 6) is 3.57. The van der Waals surface area contributed by atoms with E-state index >= 15 is 0 Å². The van der Waals surface area contributed by atoms with Crippen LogP contribution in [0.15, 0.2) is 140 Å². The number of nitrogens with zero attached hydrogens (tertiary/aromatic N) is 1. The lowest BCUT2D eigenvalue weighted by atomic mass is 9.35. The minimum atomic E-state index is 0.0968. The van der Waals surface area contributed by atoms with Gasteiger partial charge in [-0.05, 0) is 77.0 Å². The van der Waals surface area contributed by atoms with Gasteiger partial charge in [0.15, 0.2) is 0 Å². The number of rotatable bonds is 4. The Morgan fingerprint density at radius 3 is 1.65 bits per heavy atom. The second-order valence-corrected chi connectivity index (χ2v) is 10.5. The molecule has 40 heavy (non-hydrogen) atoms. The molecule has 190 valence electrons. The monoisotopic (exact) mass is 515 g/mol. The molecular formula is C36H26BNO2. The molecule has 0 bridgehead atoms. The Morgan fingerprint density at radius 2 is 1.12 bits per heavy atom. The van der Waals surface area contributed by atoms with Gasteiger partial charge in [0.25, 0.3) is 6.71 Å². The molecule has 5 aromatic rings. The van der Waals surface area contributed by atoms with Gasteiger partial charge < -0.3 is 14.4 Å². The van der Waals surface area contributed by atoms with Crippen LogP contribution < -0.4 is 30.8 Å². The van der Waals surface area contributed by atoms with Crippen molar-refractivity contribution in [3.05, 3.63) is 145 Å². The molecule has 2 aliphatic heterocycles. The molecule has 4 heteroatoms. The Morgan fingerprint density at radius 1 is 0.600 bits per heavy atom. The van der Waals surface area contributed by atoms with Gasteiger partial charge >= 0.3 is 0 Å². The van der Waals surface area contributed by atoms with Crippen molar-refractivity contribution in [2.24, 2.45) is 0 Å². The number of allylic oxidation sites excluding steroid dienone is 2. The molecule has 8 rings (SSSR count). The van der Waals surface area contributed by atoms with E-state index < -0.39 is 0 Å². The van der Waals surface area contributed by atoms with Crippen molar-refractivity contribution in [2.45, 2.75) is 12.5 Å². The topological polar surface area (TPSA) is 21.7 Å². The highest BCUT2D eigenvalue weighted by atomic mass is 16.5. The second kappa shape index (κ2) is 9.35. The van der Waals surface area contributed by atoms with Crippen LogP contribution in [-0.4, -0.2) is 12.8 Å². The maximum Gasteiger partial charge on any atom is 0.260 e. The van der Waals surface area contributed by atoms with E-state index in [1.54, 1.807) is 0 Å². The lowest BCUT2D eigenvalue weighted by Gasteiger charge is -2.34. The molecule has 3 aliphatic rings. The van der Waals surface area contributed by atoms with Gasteiger partial charge in [-0.25, -0.2) is 0 Å². The van der Waals surface area contributed by atoms with Crippen LogP contribution >= 0.6 is 0 Å². The smallest absolute Gasteiger partial charge is 0.260 e. The first kappa shape index (κ1) is 23.0. The first-order valence-electron chi connectivity index (χ1n) is 13.8. The summed E-state index contributed by atoms with van der Waals surface area (Å²) in [5.41, 5.74) is 8.12. The third kappa shape index (κ3) is 3.76. The van der Waals surface area contributed by atoms with E-state index in [1.165, 1.54) is 27.9 Å². The number of hydrogen-bond acceptors (Lipinski definition) is 3. The predicted octanol–water partition coefficient (Wildman–Crippen LogP) is 6.96. The predicted molar refractivity (Wildman–Crippen MR) is 165 cm³/mol. The standard InChI is InChI=1S/C36H26BNO2/c1-3-11-27(12-4-1)38(28-13-5-2-6-14-28)29-21-19-25(20-22-29)26-23-34-36-35(24-26)40-33-18-10-8-16-31(33)37(36)30-15-7-9-17-32(30)39-34/h1-21,23-24,29H,22H2. The van der Waals surface area contributed by atoms with Crippen LogP contribution in [0.3, 0.4) is 0 Å². The average Bonchev–Trinajstić information content (AvgIpc) is 3.02. The van der Waals surface area contributed by atoms with E-state index in [0.717, 1.165) is 40.4 Å². The zero-order valence-corrected chi connectivity index (χ0v) is 21.9. The van der Waals surface area contributed by atoms with Crippen molar-refractivity contribution in [1.82, 2.24) is 0 Å². The quantitative estimate of drug-likeness (QED) is 0.237. The summed E-state index contributed by atoms with van der Waals surface area (Å²) in [6.45, 7) is 0.0968. The van der Waals surface area contributed by atoms with Crippen LogP contribution in [0.5, 0.6) is 23.0 Å². The Hall–Kier alpha value is -4.96. The maximum absolute atomic E-state index is 6.51. The van der Waals surface area contributed by atoms with E-state index in [-0.39, 0.29) is 12.8 Å². The molecule has 0 amide bonds. The van der Waals surface area contributed by atoms with Crippen LogP contribution in [-0.2, 0) is 0 Å². The van der Waals surface area contributed by atoms with Crippen molar-refractivity contribution in [3.63, 3.8) is 0 Å². The minimum Gasteiger partial charge on any atom is -0.458 e. The van der Waals surface area contributed by atoms with E-state index in [1.807, 2.05) is 12.1 Å². The fourth-order valence-corrected chi connectivity index (χ4v) is 6.28. The third-order valence-electron chi connectivity index (χ3n) is 8.10. The van der Waals surface area contributed by atoms with E-state index in [2.05, 4.69) is 132 Å². The van der Waals surface area contributed by atoms with Gasteiger partial charge in [-0.1, -0.05) is 91.0 Å². The summed E-state index contributed by atoms with van der Waals surface area (Å²) >= 11 is 0. The van der Waals surface area contributed by atoms with Crippen molar-refractivity contribution < 1.29 is 9.47 Å². The number of anilines is 2. The first-order chi connectivity index (χ1) is 19.8. The Balaban J connectivity index is 1.17. The van der Waals surface area contributed by atoms with Crippen molar-refractivity contribution >= 4 is 40.0 Å². The summed E-state index contributed by atoms with van der Waals surface area (Å²) in [6.07, 6.45) is 7.78. The van der Waals surface area contributed by atoms with Crippen molar-refractivity contribution in [2.75, 3.05) is 4.90 Å². The molecule has 0 saturated heterocycles. The fraction of sp³-hybridized carbons (Fsp3) is 0.0556. The summed E-state index contributed by atoms with van der Waals surface area (Å²) in [5, 5.41) is 0. The number of benzene rings is 5. The molecule has 0 radical (unpaired) electrons. The first-order valence-corrected chi connectivity index (χ1v) is 13.8. The van der Waals surface area contributed by atoms with Crippen LogP contribution in [0, 0.1) is 0 Å². The van der Waals surface area contributed by atoms with Gasteiger partial charge in [0.1, 0.15) is 23.0 Å². The lowest BCUT2D eigenvalue weighted by molar-refractivity contribution is 0.464. The van der Waals surface area contributed by atoms with Gasteiger partial charge in [0.2, 0.25) is 0 Å². The fourth-order valence-electron chi connectivity index (χ4n) is 6.28. The van der Waals surface area contributed by atoms with Crippen molar-refractivity contribution in [3.8, 4) is 23.0 Å². The molecule has 0 N–H and O–H groups in total. The van der Waals surface area contributed by atoms with Gasteiger partial charge in [-0.2, -0.15) is 0 Å². The summed E-state index contributed by atoms with van der Waals surface area (Å²) in [4.78, 5) is 2.41. The van der Waals surface area contributed by atoms with E-state index in [0.29, 0.717) is 0 Å². The van der Waals surface area contributed by atoms with Crippen LogP contribution in [0.2, 0.25) is 0 Å². The zero-order chi connectivity index (χ0) is 26.5. The Labute approximate surface area is 234 Å². The molecule has 0 saturated carbocycles. The largest absolute Gasteiger partial charge is 0.458 e. The van der Waals surface area contributed by atoms with E-state index in [4.69, 9.17) is 9.47 Å². The molecule has 0 fully saturated rings. The van der Waals surface area contributed by atoms with Gasteiger partial charge in [0.05, 0.1) is 6.04 Å². The van der Waals surface area contributed by atoms with Gasteiger partial charge in [-0.15, -0.1) is 0 Å². The van der Waals surface area contributed by atoms with Gasteiger partial charge in [-0.3, -0.25) is 0 Å². The number of ether oxygens (including phenoxy) is 2. The highest BCUT2D eigenvalue weighted by Gasteiger charge is 2.40. The molecule has 0 spiro atoms. The molecule has 1 aliphatic carbocycles. The molecule has 5 aromatic carbocycles. The molecule has 1 unspecified atom stereocenters. The van der Waals surface area contributed by atoms with Crippen molar-refractivity contribution in [1.29, 1.82) is 0 Å². The Kier molecular flexibility index (Phi) is 5.37. The van der Waals surface area contributed by atoms with Crippen LogP contribution in [0.1, 0.15) is 12.0 Å². The summed E-state index contributed by atoms with van der Waals surface area (Å²) < 4.78 is 13.0. The molecule has 3 nitrogen and oxygen atoms in total. The van der Waals surface area contributed by atoms with Gasteiger partial charge in [0, 0.05) is 16.8 Å². The summed E-state index contributed by atoms with van der Waals surface area (Å²) in [7, 11) is 0. The number of hydrogen-bond donors (Lipinski definition) is 0. The third-order valence-corrected chi connectivity index (χ3v) is 8.10. The molecule has 0 aromatic heterocycles. The highest BCUT2D eigenvalue weighted by molar-refractivity contribution is 6.98. The normalized spacial score (nSPS) is 16.1. The van der Waals surface area contributed by atoms with E-state index in [9.17, 15) is 0 Å². The van der Waals surface area contributed by atoms with Crippen LogP contribution in [0.25, 0.3) is 5.57 Å². The second-order valence-electron chi connectivity index (χ2n) is 10.5. The zero-order valence-electron chi connectivity index (χ0n) is 21.9. The summed E-state index contributed by atoms with van der Waals surface area (Å²) in [6, 6.07) is 42.5. The molecule has 2 heterocycles. The number of fused-ring (bicyclic) bond motifs is 4. The lowest BCUT2D eigenvalue weighted by Crippen LogP contribution is -2.57. The average molecular weight is 515 g/mol. The number of para-hydroxylation sites is 4. The maximum atomic E-state index is 6.51. The Bertz CT molecular complexity index is 1680. The SMILES string of the molecule is C1=CC(N(c2ccccc2)c2ccccc2)CC=C1c1cc2c3c(c1)Oc1ccccc1B3c1ccccc1O2. The minimum absolute atomic E-state index is 0.0968. The molecule has 1 atom stereocenters. The highest BCUT2D eigenvalue weighted by Crippen LogP contribution is 2.39.